The van der Waals surface area contributed by atoms with E-state index < -0.39 is 5.41 Å². The molecule has 3 heterocycles. The molecular formula is C24H27FN4O2. The second-order valence-electron chi connectivity index (χ2n) is 8.75. The van der Waals surface area contributed by atoms with Crippen LogP contribution >= 0.6 is 0 Å². The summed E-state index contributed by atoms with van der Waals surface area (Å²) in [4.78, 5) is 20.0. The summed E-state index contributed by atoms with van der Waals surface area (Å²) >= 11 is 0. The molecular weight excluding hydrogens is 395 g/mol. The monoisotopic (exact) mass is 422 g/mol. The molecule has 5 rings (SSSR count). The number of benzene rings is 1. The van der Waals surface area contributed by atoms with Gasteiger partial charge in [-0.25, -0.2) is 13.9 Å². The molecule has 0 bridgehead atoms. The smallest absolute Gasteiger partial charge is 0.233 e. The molecule has 1 saturated carbocycles. The molecule has 1 aliphatic carbocycles. The molecule has 1 atom stereocenters. The van der Waals surface area contributed by atoms with Gasteiger partial charge < -0.3 is 9.64 Å². The van der Waals surface area contributed by atoms with Crippen molar-refractivity contribution in [2.75, 3.05) is 26.3 Å². The number of carbonyl (C=O) groups excluding carboxylic acids is 1. The topological polar surface area (TPSA) is 59.7 Å². The lowest BCUT2D eigenvalue weighted by Crippen LogP contribution is -2.47. The average molecular weight is 423 g/mol. The van der Waals surface area contributed by atoms with Crippen LogP contribution in [0.25, 0.3) is 5.65 Å². The molecule has 0 spiro atoms. The highest BCUT2D eigenvalue weighted by molar-refractivity contribution is 5.88. The van der Waals surface area contributed by atoms with Crippen LogP contribution in [-0.2, 0) is 21.4 Å². The van der Waals surface area contributed by atoms with Gasteiger partial charge in [-0.2, -0.15) is 5.10 Å². The number of nitrogens with zero attached hydrogens (tertiary/aromatic N) is 4. The molecule has 1 aromatic carbocycles. The SMILES string of the molecule is O=C(N1CCOC[C@@H](Cc2ccc3nccn3n2)C1)C1(c2cccc(F)c2)CCCC1. The first-order valence-electron chi connectivity index (χ1n) is 11.1. The van der Waals surface area contributed by atoms with E-state index in [0.717, 1.165) is 49.0 Å². The summed E-state index contributed by atoms with van der Waals surface area (Å²) in [5, 5.41) is 4.63. The maximum atomic E-state index is 14.0. The number of halogens is 1. The van der Waals surface area contributed by atoms with Crippen molar-refractivity contribution < 1.29 is 13.9 Å². The van der Waals surface area contributed by atoms with Crippen LogP contribution in [0.2, 0.25) is 0 Å². The minimum atomic E-state index is -0.620. The second kappa shape index (κ2) is 8.38. The molecule has 31 heavy (non-hydrogen) atoms. The summed E-state index contributed by atoms with van der Waals surface area (Å²) in [6.07, 6.45) is 7.82. The Kier molecular flexibility index (Phi) is 5.44. The summed E-state index contributed by atoms with van der Waals surface area (Å²) in [7, 11) is 0. The number of ether oxygens (including phenoxy) is 1. The molecule has 0 unspecified atom stereocenters. The van der Waals surface area contributed by atoms with Crippen LogP contribution in [0.1, 0.15) is 36.9 Å². The molecule has 6 nitrogen and oxygen atoms in total. The minimum Gasteiger partial charge on any atom is -0.379 e. The predicted molar refractivity (Wildman–Crippen MR) is 114 cm³/mol. The van der Waals surface area contributed by atoms with Gasteiger partial charge in [-0.3, -0.25) is 4.79 Å². The molecule has 3 aromatic rings. The minimum absolute atomic E-state index is 0.115. The first-order chi connectivity index (χ1) is 15.1. The molecule has 0 radical (unpaired) electrons. The molecule has 2 aliphatic rings. The number of aromatic nitrogens is 3. The number of imidazole rings is 1. The fraction of sp³-hybridized carbons (Fsp3) is 0.458. The molecule has 1 amide bonds. The number of rotatable bonds is 4. The predicted octanol–water partition coefficient (Wildman–Crippen LogP) is 3.40. The van der Waals surface area contributed by atoms with E-state index in [-0.39, 0.29) is 17.6 Å². The standard InChI is InChI=1S/C24H27FN4O2/c25-20-5-3-4-19(15-20)24(8-1-2-9-24)23(30)28-12-13-31-17-18(16-28)14-21-6-7-22-26-10-11-29(22)27-21/h3-7,10-11,15,18H,1-2,8-9,12-14,16-17H2/t18-/m0/s1. The number of hydrogen-bond donors (Lipinski definition) is 0. The van der Waals surface area contributed by atoms with Crippen LogP contribution < -0.4 is 0 Å². The Balaban J connectivity index is 1.37. The molecule has 162 valence electrons. The normalized spacial score (nSPS) is 21.3. The van der Waals surface area contributed by atoms with Crippen LogP contribution in [-0.4, -0.2) is 51.7 Å². The third-order valence-corrected chi connectivity index (χ3v) is 6.68. The number of amides is 1. The largest absolute Gasteiger partial charge is 0.379 e. The van der Waals surface area contributed by atoms with Crippen LogP contribution in [0.5, 0.6) is 0 Å². The molecule has 2 fully saturated rings. The Morgan fingerprint density at radius 1 is 1.23 bits per heavy atom. The maximum absolute atomic E-state index is 14.0. The van der Waals surface area contributed by atoms with Gasteiger partial charge in [0.15, 0.2) is 5.65 Å². The van der Waals surface area contributed by atoms with Gasteiger partial charge in [-0.15, -0.1) is 0 Å². The molecule has 7 heteroatoms. The van der Waals surface area contributed by atoms with Gasteiger partial charge in [0.05, 0.1) is 24.3 Å². The fourth-order valence-corrected chi connectivity index (χ4v) is 5.14. The number of carbonyl (C=O) groups is 1. The van der Waals surface area contributed by atoms with Crippen LogP contribution in [0.15, 0.2) is 48.8 Å². The van der Waals surface area contributed by atoms with Crippen molar-refractivity contribution in [3.63, 3.8) is 0 Å². The zero-order valence-corrected chi connectivity index (χ0v) is 17.5. The molecule has 0 N–H and O–H groups in total. The van der Waals surface area contributed by atoms with E-state index in [1.54, 1.807) is 22.8 Å². The lowest BCUT2D eigenvalue weighted by atomic mass is 9.77. The van der Waals surface area contributed by atoms with E-state index in [2.05, 4.69) is 10.1 Å². The van der Waals surface area contributed by atoms with E-state index in [4.69, 9.17) is 4.74 Å². The van der Waals surface area contributed by atoms with Gasteiger partial charge in [0.25, 0.3) is 0 Å². The highest BCUT2D eigenvalue weighted by atomic mass is 19.1. The maximum Gasteiger partial charge on any atom is 0.233 e. The van der Waals surface area contributed by atoms with Crippen molar-refractivity contribution in [2.24, 2.45) is 5.92 Å². The van der Waals surface area contributed by atoms with Gasteiger partial charge in [0.1, 0.15) is 5.82 Å². The van der Waals surface area contributed by atoms with Crippen molar-refractivity contribution in [3.05, 3.63) is 65.9 Å². The summed E-state index contributed by atoms with van der Waals surface area (Å²) < 4.78 is 21.6. The third-order valence-electron chi connectivity index (χ3n) is 6.68. The van der Waals surface area contributed by atoms with Crippen LogP contribution in [0, 0.1) is 11.7 Å². The van der Waals surface area contributed by atoms with E-state index in [1.165, 1.54) is 6.07 Å². The van der Waals surface area contributed by atoms with Crippen molar-refractivity contribution in [3.8, 4) is 0 Å². The second-order valence-corrected chi connectivity index (χ2v) is 8.75. The Bertz CT molecular complexity index is 1080. The molecule has 1 saturated heterocycles. The van der Waals surface area contributed by atoms with E-state index in [1.807, 2.05) is 29.3 Å². The summed E-state index contributed by atoms with van der Waals surface area (Å²) in [5.74, 6) is -0.00961. The Hall–Kier alpha value is -2.80. The fourth-order valence-electron chi connectivity index (χ4n) is 5.14. The molecule has 2 aromatic heterocycles. The Morgan fingerprint density at radius 2 is 2.10 bits per heavy atom. The summed E-state index contributed by atoms with van der Waals surface area (Å²) in [5.41, 5.74) is 1.96. The van der Waals surface area contributed by atoms with Crippen molar-refractivity contribution in [1.82, 2.24) is 19.5 Å². The highest BCUT2D eigenvalue weighted by Gasteiger charge is 2.45. The van der Waals surface area contributed by atoms with Crippen molar-refractivity contribution in [2.45, 2.75) is 37.5 Å². The number of hydrogen-bond acceptors (Lipinski definition) is 4. The highest BCUT2D eigenvalue weighted by Crippen LogP contribution is 2.43. The Labute approximate surface area is 181 Å². The summed E-state index contributed by atoms with van der Waals surface area (Å²) in [6.45, 7) is 2.32. The third kappa shape index (κ3) is 3.94. The lowest BCUT2D eigenvalue weighted by Gasteiger charge is -2.35. The zero-order valence-electron chi connectivity index (χ0n) is 17.5. The average Bonchev–Trinajstić information content (AvgIpc) is 3.40. The number of fused-ring (bicyclic) bond motifs is 1. The van der Waals surface area contributed by atoms with Crippen LogP contribution in [0.3, 0.4) is 0 Å². The molecule has 1 aliphatic heterocycles. The Morgan fingerprint density at radius 3 is 2.94 bits per heavy atom. The van der Waals surface area contributed by atoms with E-state index in [9.17, 15) is 9.18 Å². The van der Waals surface area contributed by atoms with E-state index >= 15 is 0 Å². The van der Waals surface area contributed by atoms with Crippen molar-refractivity contribution >= 4 is 11.6 Å². The summed E-state index contributed by atoms with van der Waals surface area (Å²) in [6, 6.07) is 10.5. The van der Waals surface area contributed by atoms with Gasteiger partial charge in [0, 0.05) is 31.4 Å². The van der Waals surface area contributed by atoms with E-state index in [0.29, 0.717) is 26.3 Å². The van der Waals surface area contributed by atoms with Crippen LogP contribution in [0.4, 0.5) is 4.39 Å². The van der Waals surface area contributed by atoms with Gasteiger partial charge in [-0.05, 0) is 49.1 Å². The van der Waals surface area contributed by atoms with Gasteiger partial charge in [-0.1, -0.05) is 25.0 Å². The first kappa shape index (κ1) is 20.1. The quantitative estimate of drug-likeness (QED) is 0.647. The van der Waals surface area contributed by atoms with Gasteiger partial charge >= 0.3 is 0 Å². The van der Waals surface area contributed by atoms with Crippen molar-refractivity contribution in [1.29, 1.82) is 0 Å². The lowest BCUT2D eigenvalue weighted by molar-refractivity contribution is -0.137. The van der Waals surface area contributed by atoms with Gasteiger partial charge in [0.2, 0.25) is 5.91 Å². The zero-order chi connectivity index (χ0) is 21.3. The first-order valence-corrected chi connectivity index (χ1v) is 11.1.